The summed E-state index contributed by atoms with van der Waals surface area (Å²) in [5.74, 6) is 0.0831. The molecular weight excluding hydrogens is 334 g/mol. The van der Waals surface area contributed by atoms with Crippen LogP contribution in [-0.2, 0) is 11.2 Å². The molecule has 0 aromatic heterocycles. The molecule has 25 heavy (non-hydrogen) atoms. The smallest absolute Gasteiger partial charge is 0.330 e. The minimum Gasteiger partial charge on any atom is -0.425 e. The highest BCUT2D eigenvalue weighted by molar-refractivity contribution is 6.10. The Morgan fingerprint density at radius 2 is 1.76 bits per heavy atom. The van der Waals surface area contributed by atoms with Gasteiger partial charge in [0, 0.05) is 0 Å². The maximum absolute atomic E-state index is 12.0. The summed E-state index contributed by atoms with van der Waals surface area (Å²) in [5, 5.41) is 4.73. The lowest BCUT2D eigenvalue weighted by molar-refractivity contribution is -0.139. The Hall–Kier alpha value is -2.36. The number of carbonyl (C=O) groups excluding carboxylic acids is 1. The Balaban J connectivity index is 0.00000182. The highest BCUT2D eigenvalue weighted by Gasteiger charge is 2.24. The zero-order valence-corrected chi connectivity index (χ0v) is 15.0. The Morgan fingerprint density at radius 1 is 1.04 bits per heavy atom. The zero-order chi connectivity index (χ0) is 16.9. The van der Waals surface area contributed by atoms with Crippen LogP contribution in [0.3, 0.4) is 0 Å². The summed E-state index contributed by atoms with van der Waals surface area (Å²) in [6.07, 6.45) is 5.36. The summed E-state index contributed by atoms with van der Waals surface area (Å²) in [5.41, 5.74) is 7.46. The van der Waals surface area contributed by atoms with Gasteiger partial charge in [-0.15, -0.1) is 12.4 Å². The molecule has 0 saturated carbocycles. The maximum Gasteiger partial charge on any atom is 0.330 e. The van der Waals surface area contributed by atoms with Crippen LogP contribution >= 0.6 is 12.4 Å². The van der Waals surface area contributed by atoms with Gasteiger partial charge in [0.2, 0.25) is 0 Å². The first-order chi connectivity index (χ1) is 11.4. The molecule has 0 unspecified atom stereocenters. The van der Waals surface area contributed by atoms with Crippen LogP contribution in [0.15, 0.2) is 48.5 Å². The van der Waals surface area contributed by atoms with E-state index in [2.05, 4.69) is 36.4 Å². The topological polar surface area (TPSA) is 52.3 Å². The van der Waals surface area contributed by atoms with Crippen molar-refractivity contribution in [3.63, 3.8) is 0 Å². The fraction of sp³-hybridized carbons (Fsp3) is 0.190. The Labute approximate surface area is 152 Å². The molecule has 1 aliphatic rings. The van der Waals surface area contributed by atoms with E-state index in [0.29, 0.717) is 5.75 Å². The molecule has 4 heteroatoms. The predicted octanol–water partition coefficient (Wildman–Crippen LogP) is 4.63. The number of allylic oxidation sites excluding steroid dienone is 1. The van der Waals surface area contributed by atoms with Gasteiger partial charge in [0.15, 0.2) is 0 Å². The van der Waals surface area contributed by atoms with E-state index in [9.17, 15) is 4.79 Å². The largest absolute Gasteiger partial charge is 0.425 e. The lowest BCUT2D eigenvalue weighted by Gasteiger charge is -2.17. The quantitative estimate of drug-likeness (QED) is 0.415. The summed E-state index contributed by atoms with van der Waals surface area (Å²) < 4.78 is 5.40. The van der Waals surface area contributed by atoms with E-state index in [1.807, 2.05) is 18.2 Å². The number of carbonyl (C=O) groups is 1. The van der Waals surface area contributed by atoms with Gasteiger partial charge in [0.05, 0.1) is 0 Å². The molecule has 0 aliphatic heterocycles. The van der Waals surface area contributed by atoms with Crippen LogP contribution in [0.2, 0.25) is 0 Å². The molecule has 3 aromatic carbocycles. The summed E-state index contributed by atoms with van der Waals surface area (Å²) in [6.45, 7) is 3.27. The minimum atomic E-state index is -1.01. The molecule has 0 heterocycles. The molecule has 0 fully saturated rings. The number of esters is 1. The Morgan fingerprint density at radius 3 is 2.52 bits per heavy atom. The van der Waals surface area contributed by atoms with Crippen LogP contribution in [0.25, 0.3) is 27.6 Å². The number of halogens is 1. The average Bonchev–Trinajstić information content (AvgIpc) is 3.02. The van der Waals surface area contributed by atoms with Crippen LogP contribution in [-0.4, -0.2) is 11.5 Å². The van der Waals surface area contributed by atoms with Gasteiger partial charge in [-0.2, -0.15) is 0 Å². The van der Waals surface area contributed by atoms with Crippen molar-refractivity contribution in [1.82, 2.24) is 0 Å². The first-order valence-electron chi connectivity index (χ1n) is 8.09. The number of ether oxygens (including phenoxy) is 1. The summed E-state index contributed by atoms with van der Waals surface area (Å²) in [6, 6.07) is 14.3. The van der Waals surface area contributed by atoms with Gasteiger partial charge in [-0.25, -0.2) is 4.79 Å². The third-order valence-corrected chi connectivity index (χ3v) is 4.49. The van der Waals surface area contributed by atoms with Gasteiger partial charge in [0.1, 0.15) is 11.3 Å². The number of hydrogen-bond donors (Lipinski definition) is 1. The molecule has 2 N–H and O–H groups in total. The van der Waals surface area contributed by atoms with E-state index in [0.717, 1.165) is 17.2 Å². The van der Waals surface area contributed by atoms with E-state index in [1.54, 1.807) is 13.8 Å². The van der Waals surface area contributed by atoms with Crippen LogP contribution in [0.4, 0.5) is 0 Å². The van der Waals surface area contributed by atoms with Gasteiger partial charge >= 0.3 is 5.97 Å². The molecule has 0 bridgehead atoms. The van der Waals surface area contributed by atoms with Gasteiger partial charge in [-0.1, -0.05) is 42.5 Å². The third-order valence-electron chi connectivity index (χ3n) is 4.49. The number of hydrogen-bond acceptors (Lipinski definition) is 3. The molecule has 0 atom stereocenters. The lowest BCUT2D eigenvalue weighted by Crippen LogP contribution is -2.44. The highest BCUT2D eigenvalue weighted by Crippen LogP contribution is 2.34. The van der Waals surface area contributed by atoms with Gasteiger partial charge < -0.3 is 10.5 Å². The first-order valence-corrected chi connectivity index (χ1v) is 8.09. The summed E-state index contributed by atoms with van der Waals surface area (Å²) in [4.78, 5) is 12.0. The van der Waals surface area contributed by atoms with Crippen LogP contribution < -0.4 is 10.5 Å². The zero-order valence-electron chi connectivity index (χ0n) is 14.2. The van der Waals surface area contributed by atoms with Crippen molar-refractivity contribution in [3.05, 3.63) is 59.7 Å². The van der Waals surface area contributed by atoms with Crippen molar-refractivity contribution in [2.24, 2.45) is 5.73 Å². The van der Waals surface area contributed by atoms with E-state index >= 15 is 0 Å². The van der Waals surface area contributed by atoms with E-state index in [1.165, 1.54) is 21.9 Å². The molecule has 0 radical (unpaired) electrons. The standard InChI is InChI=1S/C21H19NO2.ClH/c1-21(2,22)20(23)24-15-8-11-17-14(12-15)7-10-18-16-5-3-4-13(16)6-9-19(17)18;/h3-4,6-12H,5,22H2,1-2H3;1H. The van der Waals surface area contributed by atoms with E-state index in [-0.39, 0.29) is 12.4 Å². The normalized spacial score (nSPS) is 12.9. The number of nitrogens with two attached hydrogens (primary N) is 1. The van der Waals surface area contributed by atoms with Crippen LogP contribution in [0, 0.1) is 0 Å². The van der Waals surface area contributed by atoms with Crippen LogP contribution in [0.1, 0.15) is 25.0 Å². The van der Waals surface area contributed by atoms with Crippen molar-refractivity contribution in [2.75, 3.05) is 0 Å². The molecule has 3 nitrogen and oxygen atoms in total. The monoisotopic (exact) mass is 353 g/mol. The minimum absolute atomic E-state index is 0. The first kappa shape index (κ1) is 17.5. The number of rotatable bonds is 2. The molecule has 4 rings (SSSR count). The second-order valence-corrected chi connectivity index (χ2v) is 6.89. The molecule has 0 spiro atoms. The second-order valence-electron chi connectivity index (χ2n) is 6.89. The Kier molecular flexibility index (Phi) is 4.31. The number of fused-ring (bicyclic) bond motifs is 5. The van der Waals surface area contributed by atoms with Gasteiger partial charge in [-0.05, 0) is 65.1 Å². The molecule has 3 aromatic rings. The fourth-order valence-electron chi connectivity index (χ4n) is 3.19. The van der Waals surface area contributed by atoms with Crippen molar-refractivity contribution in [1.29, 1.82) is 0 Å². The SMILES string of the molecule is CC(C)(N)C(=O)Oc1ccc2c(ccc3c4c(ccc32)C=CC4)c1.Cl. The van der Waals surface area contributed by atoms with Crippen molar-refractivity contribution in [3.8, 4) is 5.75 Å². The number of benzene rings is 3. The summed E-state index contributed by atoms with van der Waals surface area (Å²) in [7, 11) is 0. The van der Waals surface area contributed by atoms with Crippen LogP contribution in [0.5, 0.6) is 5.75 Å². The highest BCUT2D eigenvalue weighted by atomic mass is 35.5. The molecule has 128 valence electrons. The molecule has 1 aliphatic carbocycles. The molecule has 0 amide bonds. The van der Waals surface area contributed by atoms with Crippen molar-refractivity contribution >= 4 is 46.0 Å². The predicted molar refractivity (Wildman–Crippen MR) is 105 cm³/mol. The maximum atomic E-state index is 12.0. The van der Waals surface area contributed by atoms with Crippen molar-refractivity contribution < 1.29 is 9.53 Å². The summed E-state index contributed by atoms with van der Waals surface area (Å²) >= 11 is 0. The average molecular weight is 354 g/mol. The van der Waals surface area contributed by atoms with Gasteiger partial charge in [0.25, 0.3) is 0 Å². The second kappa shape index (κ2) is 6.17. The third kappa shape index (κ3) is 3.01. The molecular formula is C21H20ClNO2. The Bertz CT molecular complexity index is 1020. The lowest BCUT2D eigenvalue weighted by atomic mass is 9.96. The van der Waals surface area contributed by atoms with Gasteiger partial charge in [-0.3, -0.25) is 0 Å². The molecule has 0 saturated heterocycles. The van der Waals surface area contributed by atoms with E-state index < -0.39 is 11.5 Å². The van der Waals surface area contributed by atoms with E-state index in [4.69, 9.17) is 10.5 Å². The van der Waals surface area contributed by atoms with Crippen molar-refractivity contribution in [2.45, 2.75) is 25.8 Å². The fourth-order valence-corrected chi connectivity index (χ4v) is 3.19.